The van der Waals surface area contributed by atoms with Gasteiger partial charge in [-0.3, -0.25) is 0 Å². The lowest BCUT2D eigenvalue weighted by Crippen LogP contribution is -2.41. The Hall–Kier alpha value is -0.930. The van der Waals surface area contributed by atoms with Crippen molar-refractivity contribution in [1.29, 1.82) is 0 Å². The Morgan fingerprint density at radius 1 is 1.25 bits per heavy atom. The van der Waals surface area contributed by atoms with Crippen LogP contribution in [0.5, 0.6) is 0 Å². The second kappa shape index (κ2) is 4.93. The van der Waals surface area contributed by atoms with Crippen LogP contribution in [0, 0.1) is 5.82 Å². The molecule has 1 aromatic rings. The van der Waals surface area contributed by atoms with Crippen LogP contribution in [-0.2, 0) is 11.3 Å². The Labute approximate surface area is 95.6 Å². The number of rotatable bonds is 4. The molecule has 2 rings (SSSR count). The Morgan fingerprint density at radius 3 is 2.62 bits per heavy atom. The minimum atomic E-state index is -0.208. The highest BCUT2D eigenvalue weighted by Gasteiger charge is 2.29. The summed E-state index contributed by atoms with van der Waals surface area (Å²) in [5.74, 6) is -0.208. The largest absolute Gasteiger partial charge is 0.375 e. The summed E-state index contributed by atoms with van der Waals surface area (Å²) < 4.78 is 18.8. The predicted octanol–water partition coefficient (Wildman–Crippen LogP) is 2.61. The van der Waals surface area contributed by atoms with Crippen molar-refractivity contribution in [3.8, 4) is 0 Å². The third-order valence-corrected chi connectivity index (χ3v) is 3.20. The summed E-state index contributed by atoms with van der Waals surface area (Å²) in [4.78, 5) is 0. The average Bonchev–Trinajstić information content (AvgIpc) is 2.68. The van der Waals surface area contributed by atoms with Gasteiger partial charge in [-0.05, 0) is 18.9 Å². The molecule has 1 aliphatic carbocycles. The third-order valence-electron chi connectivity index (χ3n) is 3.20. The van der Waals surface area contributed by atoms with E-state index in [2.05, 4.69) is 0 Å². The quantitative estimate of drug-likeness (QED) is 0.851. The minimum Gasteiger partial charge on any atom is -0.375 e. The van der Waals surface area contributed by atoms with Gasteiger partial charge in [0.05, 0.1) is 13.2 Å². The van der Waals surface area contributed by atoms with Gasteiger partial charge in [0.1, 0.15) is 5.82 Å². The zero-order valence-electron chi connectivity index (χ0n) is 9.42. The summed E-state index contributed by atoms with van der Waals surface area (Å²) in [5, 5.41) is 0. The molecule has 1 aliphatic rings. The number of nitrogens with two attached hydrogens (primary N) is 1. The van der Waals surface area contributed by atoms with Crippen molar-refractivity contribution in [3.63, 3.8) is 0 Å². The fourth-order valence-corrected chi connectivity index (χ4v) is 2.20. The third kappa shape index (κ3) is 2.80. The predicted molar refractivity (Wildman–Crippen MR) is 61.4 cm³/mol. The zero-order valence-corrected chi connectivity index (χ0v) is 9.42. The van der Waals surface area contributed by atoms with Crippen molar-refractivity contribution in [3.05, 3.63) is 35.6 Å². The smallest absolute Gasteiger partial charge is 0.128 e. The molecule has 0 radical (unpaired) electrons. The van der Waals surface area contributed by atoms with E-state index >= 15 is 0 Å². The molecule has 1 fully saturated rings. The first-order valence-electron chi connectivity index (χ1n) is 5.80. The molecular formula is C13H18FNO. The van der Waals surface area contributed by atoms with Crippen molar-refractivity contribution in [1.82, 2.24) is 0 Å². The Balaban J connectivity index is 1.82. The average molecular weight is 223 g/mol. The molecule has 0 amide bonds. The molecule has 0 atom stereocenters. The summed E-state index contributed by atoms with van der Waals surface area (Å²) in [6, 6.07) is 6.69. The lowest BCUT2D eigenvalue weighted by Gasteiger charge is -2.23. The molecule has 0 aliphatic heterocycles. The van der Waals surface area contributed by atoms with E-state index in [0.29, 0.717) is 18.8 Å². The van der Waals surface area contributed by atoms with Crippen LogP contribution >= 0.6 is 0 Å². The van der Waals surface area contributed by atoms with Gasteiger partial charge in [-0.25, -0.2) is 4.39 Å². The molecule has 2 N–H and O–H groups in total. The number of benzene rings is 1. The summed E-state index contributed by atoms with van der Waals surface area (Å²) in [6.45, 7) is 0.840. The standard InChI is InChI=1S/C13H18FNO/c14-12-6-2-1-5-11(12)9-16-10-13(15)7-3-4-8-13/h1-2,5-6H,3-4,7-10,15H2. The van der Waals surface area contributed by atoms with E-state index in [1.54, 1.807) is 12.1 Å². The van der Waals surface area contributed by atoms with Crippen molar-refractivity contribution in [2.24, 2.45) is 5.73 Å². The van der Waals surface area contributed by atoms with E-state index in [1.807, 2.05) is 6.07 Å². The molecule has 0 spiro atoms. The molecule has 0 bridgehead atoms. The van der Waals surface area contributed by atoms with Gasteiger partial charge in [0.2, 0.25) is 0 Å². The van der Waals surface area contributed by atoms with Gasteiger partial charge < -0.3 is 10.5 Å². The maximum absolute atomic E-state index is 13.3. The number of ether oxygens (including phenoxy) is 1. The monoisotopic (exact) mass is 223 g/mol. The second-order valence-corrected chi connectivity index (χ2v) is 4.65. The SMILES string of the molecule is NC1(COCc2ccccc2F)CCCC1. The van der Waals surface area contributed by atoms with Crippen LogP contribution < -0.4 is 5.73 Å². The maximum atomic E-state index is 13.3. The van der Waals surface area contributed by atoms with Crippen LogP contribution in [0.3, 0.4) is 0 Å². The maximum Gasteiger partial charge on any atom is 0.128 e. The van der Waals surface area contributed by atoms with E-state index in [4.69, 9.17) is 10.5 Å². The van der Waals surface area contributed by atoms with Crippen molar-refractivity contribution in [2.45, 2.75) is 37.8 Å². The van der Waals surface area contributed by atoms with Gasteiger partial charge in [0, 0.05) is 11.1 Å². The van der Waals surface area contributed by atoms with Gasteiger partial charge in [-0.2, -0.15) is 0 Å². The van der Waals surface area contributed by atoms with Crippen LogP contribution in [0.4, 0.5) is 4.39 Å². The lowest BCUT2D eigenvalue weighted by molar-refractivity contribution is 0.0734. The molecule has 1 aromatic carbocycles. The van der Waals surface area contributed by atoms with Crippen LogP contribution in [0.2, 0.25) is 0 Å². The molecule has 2 nitrogen and oxygen atoms in total. The van der Waals surface area contributed by atoms with E-state index in [9.17, 15) is 4.39 Å². The first-order chi connectivity index (χ1) is 7.70. The first kappa shape index (κ1) is 11.6. The van der Waals surface area contributed by atoms with Crippen LogP contribution in [-0.4, -0.2) is 12.1 Å². The molecule has 0 saturated heterocycles. The van der Waals surface area contributed by atoms with Gasteiger partial charge >= 0.3 is 0 Å². The second-order valence-electron chi connectivity index (χ2n) is 4.65. The van der Waals surface area contributed by atoms with Crippen LogP contribution in [0.15, 0.2) is 24.3 Å². The molecular weight excluding hydrogens is 205 g/mol. The highest BCUT2D eigenvalue weighted by molar-refractivity contribution is 5.16. The molecule has 88 valence electrons. The van der Waals surface area contributed by atoms with Crippen LogP contribution in [0.1, 0.15) is 31.2 Å². The highest BCUT2D eigenvalue weighted by atomic mass is 19.1. The topological polar surface area (TPSA) is 35.2 Å². The summed E-state index contributed by atoms with van der Waals surface area (Å²) in [6.07, 6.45) is 4.40. The van der Waals surface area contributed by atoms with E-state index in [0.717, 1.165) is 12.8 Å². The Kier molecular flexibility index (Phi) is 3.56. The van der Waals surface area contributed by atoms with E-state index in [1.165, 1.54) is 18.9 Å². The Morgan fingerprint density at radius 2 is 1.94 bits per heavy atom. The van der Waals surface area contributed by atoms with Gasteiger partial charge in [-0.15, -0.1) is 0 Å². The number of hydrogen-bond donors (Lipinski definition) is 1. The number of hydrogen-bond acceptors (Lipinski definition) is 2. The van der Waals surface area contributed by atoms with E-state index < -0.39 is 0 Å². The zero-order chi connectivity index (χ0) is 11.4. The first-order valence-corrected chi connectivity index (χ1v) is 5.80. The van der Waals surface area contributed by atoms with Crippen LogP contribution in [0.25, 0.3) is 0 Å². The molecule has 3 heteroatoms. The van der Waals surface area contributed by atoms with Gasteiger partial charge in [0.25, 0.3) is 0 Å². The molecule has 0 aromatic heterocycles. The van der Waals surface area contributed by atoms with Crippen molar-refractivity contribution in [2.75, 3.05) is 6.61 Å². The van der Waals surface area contributed by atoms with Gasteiger partial charge in [0.15, 0.2) is 0 Å². The summed E-state index contributed by atoms with van der Waals surface area (Å²) >= 11 is 0. The van der Waals surface area contributed by atoms with Crippen molar-refractivity contribution >= 4 is 0 Å². The fraction of sp³-hybridized carbons (Fsp3) is 0.538. The normalized spacial score (nSPS) is 18.9. The van der Waals surface area contributed by atoms with E-state index in [-0.39, 0.29) is 11.4 Å². The highest BCUT2D eigenvalue weighted by Crippen LogP contribution is 2.27. The molecule has 0 unspecified atom stereocenters. The summed E-state index contributed by atoms with van der Waals surface area (Å²) in [7, 11) is 0. The minimum absolute atomic E-state index is 0.175. The van der Waals surface area contributed by atoms with Gasteiger partial charge in [-0.1, -0.05) is 31.0 Å². The number of halogens is 1. The molecule has 1 saturated carbocycles. The molecule has 0 heterocycles. The summed E-state index contributed by atoms with van der Waals surface area (Å²) in [5.41, 5.74) is 6.57. The molecule has 16 heavy (non-hydrogen) atoms. The fourth-order valence-electron chi connectivity index (χ4n) is 2.20. The Bertz CT molecular complexity index is 348. The van der Waals surface area contributed by atoms with Crippen molar-refractivity contribution < 1.29 is 9.13 Å². The lowest BCUT2D eigenvalue weighted by atomic mass is 10.0.